The van der Waals surface area contributed by atoms with Crippen molar-refractivity contribution in [1.29, 1.82) is 0 Å². The first kappa shape index (κ1) is 28.0. The van der Waals surface area contributed by atoms with Gasteiger partial charge in [0.2, 0.25) is 11.8 Å². The SMILES string of the molecule is Cc1nnc(-c2c(CCc3cnn(C)c3)nc3c(c2-c2ccc(C(=O)NCc4ccc(F)c(F)c4)s2)C(=O)N2CCCC32)o1. The van der Waals surface area contributed by atoms with Gasteiger partial charge >= 0.3 is 0 Å². The molecule has 1 aromatic carbocycles. The highest BCUT2D eigenvalue weighted by atomic mass is 32.1. The Balaban J connectivity index is 1.31. The topological polar surface area (TPSA) is 119 Å². The molecule has 1 N–H and O–H groups in total. The average Bonchev–Trinajstić information content (AvgIpc) is 3.84. The number of aryl methyl sites for hydroxylation is 4. The number of nitrogens with one attached hydrogen (secondary N) is 1. The van der Waals surface area contributed by atoms with Gasteiger partial charge < -0.3 is 14.6 Å². The highest BCUT2D eigenvalue weighted by Gasteiger charge is 2.44. The molecule has 13 heteroatoms. The van der Waals surface area contributed by atoms with E-state index in [0.29, 0.717) is 57.3 Å². The summed E-state index contributed by atoms with van der Waals surface area (Å²) in [4.78, 5) is 35.1. The van der Waals surface area contributed by atoms with Crippen molar-refractivity contribution in [2.75, 3.05) is 6.54 Å². The summed E-state index contributed by atoms with van der Waals surface area (Å²) < 4.78 is 34.7. The van der Waals surface area contributed by atoms with Crippen molar-refractivity contribution in [3.63, 3.8) is 0 Å². The molecular formula is C31H27F2N7O3S. The summed E-state index contributed by atoms with van der Waals surface area (Å²) in [5.41, 5.74) is 4.65. The summed E-state index contributed by atoms with van der Waals surface area (Å²) >= 11 is 1.23. The van der Waals surface area contributed by atoms with Gasteiger partial charge in [0.25, 0.3) is 11.8 Å². The first-order chi connectivity index (χ1) is 21.3. The second kappa shape index (κ2) is 11.1. The van der Waals surface area contributed by atoms with Crippen LogP contribution >= 0.6 is 11.3 Å². The Kier molecular flexibility index (Phi) is 7.04. The first-order valence-corrected chi connectivity index (χ1v) is 15.1. The van der Waals surface area contributed by atoms with Gasteiger partial charge in [-0.05, 0) is 61.1 Å². The van der Waals surface area contributed by atoms with Gasteiger partial charge in [0.1, 0.15) is 0 Å². The molecule has 0 radical (unpaired) electrons. The molecule has 224 valence electrons. The monoisotopic (exact) mass is 615 g/mol. The van der Waals surface area contributed by atoms with Crippen LogP contribution in [0.4, 0.5) is 8.78 Å². The van der Waals surface area contributed by atoms with Crippen molar-refractivity contribution in [2.24, 2.45) is 7.05 Å². The van der Waals surface area contributed by atoms with Crippen LogP contribution in [0.3, 0.4) is 0 Å². The zero-order chi connectivity index (χ0) is 30.5. The van der Waals surface area contributed by atoms with Crippen LogP contribution in [0.15, 0.2) is 47.1 Å². The Morgan fingerprint density at radius 3 is 2.70 bits per heavy atom. The minimum Gasteiger partial charge on any atom is -0.421 e. The van der Waals surface area contributed by atoms with Gasteiger partial charge in [-0.25, -0.2) is 8.78 Å². The van der Waals surface area contributed by atoms with E-state index in [0.717, 1.165) is 41.9 Å². The smallest absolute Gasteiger partial charge is 0.261 e. The Morgan fingerprint density at radius 1 is 1.09 bits per heavy atom. The lowest BCUT2D eigenvalue weighted by Crippen LogP contribution is -2.23. The number of rotatable bonds is 8. The molecule has 1 atom stereocenters. The highest BCUT2D eigenvalue weighted by Crippen LogP contribution is 2.49. The molecule has 1 saturated heterocycles. The number of benzene rings is 1. The van der Waals surface area contributed by atoms with Crippen molar-refractivity contribution < 1.29 is 22.8 Å². The van der Waals surface area contributed by atoms with E-state index in [9.17, 15) is 18.4 Å². The lowest BCUT2D eigenvalue weighted by molar-refractivity contribution is 0.0776. The summed E-state index contributed by atoms with van der Waals surface area (Å²) in [6, 6.07) is 6.89. The second-order valence-electron chi connectivity index (χ2n) is 11.0. The number of pyridine rings is 1. The molecule has 2 aliphatic rings. The van der Waals surface area contributed by atoms with Crippen LogP contribution in [0.25, 0.3) is 21.9 Å². The third kappa shape index (κ3) is 4.96. The number of hydrogen-bond donors (Lipinski definition) is 1. The number of aromatic nitrogens is 5. The normalized spacial score (nSPS) is 15.6. The maximum Gasteiger partial charge on any atom is 0.261 e. The zero-order valence-electron chi connectivity index (χ0n) is 23.9. The predicted octanol–water partition coefficient (Wildman–Crippen LogP) is 5.19. The summed E-state index contributed by atoms with van der Waals surface area (Å²) in [6.45, 7) is 2.38. The molecular weight excluding hydrogens is 588 g/mol. The predicted molar refractivity (Wildman–Crippen MR) is 157 cm³/mol. The fraction of sp³-hybridized carbons (Fsp3) is 0.290. The lowest BCUT2D eigenvalue weighted by atomic mass is 9.93. The summed E-state index contributed by atoms with van der Waals surface area (Å²) in [5, 5.41) is 15.4. The number of thiophene rings is 1. The van der Waals surface area contributed by atoms with Gasteiger partial charge in [0.05, 0.1) is 39.6 Å². The van der Waals surface area contributed by atoms with E-state index in [2.05, 4.69) is 20.6 Å². The van der Waals surface area contributed by atoms with Crippen LogP contribution in [0, 0.1) is 18.6 Å². The molecule has 0 bridgehead atoms. The maximum absolute atomic E-state index is 13.9. The standard InChI is InChI=1S/C31H27F2N7O3S/c1-16-37-38-30(43-16)25-21(8-6-18-14-35-39(2)15-18)36-28-22-4-3-11-40(22)31(42)27(28)26(25)23-9-10-24(44-23)29(41)34-13-17-5-7-19(32)20(33)12-17/h5,7,9-10,12,14-15,22H,3-4,6,8,11,13H2,1-2H3,(H,34,41). The van der Waals surface area contributed by atoms with Crippen molar-refractivity contribution in [3.8, 4) is 21.9 Å². The molecule has 2 amide bonds. The first-order valence-electron chi connectivity index (χ1n) is 14.2. The van der Waals surface area contributed by atoms with Crippen LogP contribution in [0.1, 0.15) is 67.3 Å². The molecule has 4 aromatic heterocycles. The molecule has 0 saturated carbocycles. The molecule has 0 aliphatic carbocycles. The molecule has 5 aromatic rings. The molecule has 44 heavy (non-hydrogen) atoms. The van der Waals surface area contributed by atoms with Crippen LogP contribution in [-0.2, 0) is 26.4 Å². The number of carbonyl (C=O) groups is 2. The fourth-order valence-corrected chi connectivity index (χ4v) is 6.96. The zero-order valence-corrected chi connectivity index (χ0v) is 24.8. The van der Waals surface area contributed by atoms with E-state index in [1.54, 1.807) is 23.7 Å². The molecule has 7 rings (SSSR count). The summed E-state index contributed by atoms with van der Waals surface area (Å²) in [5.74, 6) is -1.77. The Morgan fingerprint density at radius 2 is 1.95 bits per heavy atom. The van der Waals surface area contributed by atoms with Crippen molar-refractivity contribution in [2.45, 2.75) is 45.2 Å². The minimum atomic E-state index is -0.977. The second-order valence-corrected chi connectivity index (χ2v) is 12.1. The summed E-state index contributed by atoms with van der Waals surface area (Å²) in [7, 11) is 1.87. The molecule has 6 heterocycles. The number of fused-ring (bicyclic) bond motifs is 3. The number of amides is 2. The molecule has 1 unspecified atom stereocenters. The van der Waals surface area contributed by atoms with Gasteiger partial charge in [-0.3, -0.25) is 19.3 Å². The number of hydrogen-bond acceptors (Lipinski definition) is 8. The number of carbonyl (C=O) groups excluding carboxylic acids is 2. The largest absolute Gasteiger partial charge is 0.421 e. The maximum atomic E-state index is 13.9. The van der Waals surface area contributed by atoms with E-state index < -0.39 is 11.6 Å². The average molecular weight is 616 g/mol. The Labute approximate surface area is 254 Å². The molecule has 2 aliphatic heterocycles. The van der Waals surface area contributed by atoms with Crippen LogP contribution < -0.4 is 5.32 Å². The quantitative estimate of drug-likeness (QED) is 0.255. The summed E-state index contributed by atoms with van der Waals surface area (Å²) in [6.07, 6.45) is 6.70. The molecule has 1 fully saturated rings. The Bertz CT molecular complexity index is 1930. The van der Waals surface area contributed by atoms with E-state index in [1.165, 1.54) is 17.4 Å². The fourth-order valence-electron chi connectivity index (χ4n) is 5.98. The lowest BCUT2D eigenvalue weighted by Gasteiger charge is -2.16. The third-order valence-corrected chi connectivity index (χ3v) is 9.11. The molecule has 0 spiro atoms. The van der Waals surface area contributed by atoms with Crippen LogP contribution in [0.2, 0.25) is 0 Å². The van der Waals surface area contributed by atoms with E-state index >= 15 is 0 Å². The van der Waals surface area contributed by atoms with E-state index in [4.69, 9.17) is 9.40 Å². The van der Waals surface area contributed by atoms with E-state index in [1.807, 2.05) is 24.3 Å². The van der Waals surface area contributed by atoms with Crippen molar-refractivity contribution in [3.05, 3.63) is 93.2 Å². The van der Waals surface area contributed by atoms with Gasteiger partial charge in [0.15, 0.2) is 11.6 Å². The van der Waals surface area contributed by atoms with E-state index in [-0.39, 0.29) is 30.3 Å². The third-order valence-electron chi connectivity index (χ3n) is 8.01. The molecule has 10 nitrogen and oxygen atoms in total. The van der Waals surface area contributed by atoms with Crippen molar-refractivity contribution >= 4 is 23.2 Å². The Hall–Kier alpha value is -4.78. The van der Waals surface area contributed by atoms with Gasteiger partial charge in [-0.2, -0.15) is 5.10 Å². The van der Waals surface area contributed by atoms with Gasteiger partial charge in [-0.15, -0.1) is 21.5 Å². The van der Waals surface area contributed by atoms with Crippen LogP contribution in [-0.4, -0.2) is 48.2 Å². The van der Waals surface area contributed by atoms with Gasteiger partial charge in [0, 0.05) is 43.7 Å². The van der Waals surface area contributed by atoms with Gasteiger partial charge in [-0.1, -0.05) is 6.07 Å². The minimum absolute atomic E-state index is 0.0219. The van der Waals surface area contributed by atoms with Crippen molar-refractivity contribution in [1.82, 2.24) is 35.2 Å². The number of nitrogens with zero attached hydrogens (tertiary/aromatic N) is 6. The van der Waals surface area contributed by atoms with Crippen LogP contribution in [0.5, 0.6) is 0 Å². The highest BCUT2D eigenvalue weighted by molar-refractivity contribution is 7.17. The number of halogens is 2.